The Morgan fingerprint density at radius 2 is 2.29 bits per heavy atom. The first-order valence-electron chi connectivity index (χ1n) is 9.80. The first-order valence-corrected chi connectivity index (χ1v) is 9.80. The number of nitriles is 1. The number of H-pyrrole nitrogens is 1. The van der Waals surface area contributed by atoms with E-state index < -0.39 is 0 Å². The summed E-state index contributed by atoms with van der Waals surface area (Å²) in [5.74, 6) is 0.803. The summed E-state index contributed by atoms with van der Waals surface area (Å²) >= 11 is 0. The highest BCUT2D eigenvalue weighted by Gasteiger charge is 2.21. The molecule has 1 aromatic heterocycles. The molecule has 0 saturated carbocycles. The molecule has 148 valence electrons. The molecule has 1 N–H and O–H groups in total. The van der Waals surface area contributed by atoms with E-state index >= 15 is 0 Å². The van der Waals surface area contributed by atoms with E-state index in [1.807, 2.05) is 26.0 Å². The number of benzene rings is 1. The van der Waals surface area contributed by atoms with E-state index in [1.165, 1.54) is 11.1 Å². The summed E-state index contributed by atoms with van der Waals surface area (Å²) in [4.78, 5) is 19.9. The number of amides is 1. The number of likely N-dealkylation sites (N-methyl/N-ethyl adjacent to an activating group) is 1. The fraction of sp³-hybridized carbons (Fsp3) is 0.455. The second-order valence-corrected chi connectivity index (χ2v) is 7.29. The summed E-state index contributed by atoms with van der Waals surface area (Å²) in [7, 11) is 1.68. The number of nitrogens with zero attached hydrogens (tertiary/aromatic N) is 3. The minimum absolute atomic E-state index is 0.0956. The largest absolute Gasteiger partial charge is 0.497 e. The van der Waals surface area contributed by atoms with Gasteiger partial charge in [0.15, 0.2) is 0 Å². The van der Waals surface area contributed by atoms with Gasteiger partial charge in [-0.15, -0.1) is 0 Å². The molecule has 6 heteroatoms. The molecule has 0 saturated heterocycles. The minimum atomic E-state index is -0.143. The zero-order valence-electron chi connectivity index (χ0n) is 16.9. The third kappa shape index (κ3) is 4.37. The van der Waals surface area contributed by atoms with Crippen molar-refractivity contribution < 1.29 is 9.53 Å². The van der Waals surface area contributed by atoms with Crippen LogP contribution in [0.4, 0.5) is 0 Å². The lowest BCUT2D eigenvalue weighted by Crippen LogP contribution is -2.43. The maximum absolute atomic E-state index is 12.6. The van der Waals surface area contributed by atoms with Gasteiger partial charge in [-0.25, -0.2) is 0 Å². The normalized spacial score (nSPS) is 15.7. The van der Waals surface area contributed by atoms with Crippen molar-refractivity contribution in [2.45, 2.75) is 20.3 Å². The van der Waals surface area contributed by atoms with Gasteiger partial charge in [0.25, 0.3) is 0 Å². The molecule has 1 aromatic carbocycles. The second-order valence-electron chi connectivity index (χ2n) is 7.29. The van der Waals surface area contributed by atoms with Crippen molar-refractivity contribution in [3.05, 3.63) is 36.0 Å². The van der Waals surface area contributed by atoms with Crippen molar-refractivity contribution in [2.24, 2.45) is 5.92 Å². The van der Waals surface area contributed by atoms with Gasteiger partial charge in [0.2, 0.25) is 5.91 Å². The molecule has 0 unspecified atom stereocenters. The summed E-state index contributed by atoms with van der Waals surface area (Å²) < 4.78 is 5.36. The monoisotopic (exact) mass is 380 g/mol. The predicted molar refractivity (Wildman–Crippen MR) is 111 cm³/mol. The van der Waals surface area contributed by atoms with Crippen LogP contribution >= 0.6 is 0 Å². The van der Waals surface area contributed by atoms with Crippen LogP contribution in [0, 0.1) is 17.2 Å². The molecule has 0 bridgehead atoms. The number of fused-ring (bicyclic) bond motifs is 1. The van der Waals surface area contributed by atoms with E-state index in [0.717, 1.165) is 36.2 Å². The molecule has 0 aliphatic carbocycles. The Balaban J connectivity index is 1.66. The molecule has 0 radical (unpaired) electrons. The molecule has 1 amide bonds. The number of carbonyl (C=O) groups excluding carboxylic acids is 1. The standard InChI is InChI=1S/C22H28N4O2/c1-4-26(14-16(2)12-23)22(27)15-25-9-7-17(8-10-25)20-13-24-21-6-5-18(28-3)11-19(20)21/h5-7,11,13,16,24H,4,8-10,14-15H2,1-3H3/t16-/m1/s1. The van der Waals surface area contributed by atoms with Gasteiger partial charge >= 0.3 is 0 Å². The van der Waals surface area contributed by atoms with Crippen molar-refractivity contribution in [2.75, 3.05) is 39.8 Å². The summed E-state index contributed by atoms with van der Waals surface area (Å²) in [6, 6.07) is 8.26. The van der Waals surface area contributed by atoms with Crippen molar-refractivity contribution in [3.8, 4) is 11.8 Å². The molecule has 1 aliphatic heterocycles. The van der Waals surface area contributed by atoms with Crippen LogP contribution in [0.1, 0.15) is 25.8 Å². The van der Waals surface area contributed by atoms with Crippen LogP contribution in [-0.4, -0.2) is 60.5 Å². The maximum Gasteiger partial charge on any atom is 0.236 e. The molecule has 1 atom stereocenters. The van der Waals surface area contributed by atoms with Gasteiger partial charge < -0.3 is 14.6 Å². The molecular formula is C22H28N4O2. The highest BCUT2D eigenvalue weighted by Crippen LogP contribution is 2.31. The van der Waals surface area contributed by atoms with Crippen LogP contribution in [0.15, 0.2) is 30.5 Å². The zero-order valence-corrected chi connectivity index (χ0v) is 16.9. The van der Waals surface area contributed by atoms with E-state index in [2.05, 4.69) is 34.3 Å². The van der Waals surface area contributed by atoms with Gasteiger partial charge in [0, 0.05) is 48.8 Å². The Morgan fingerprint density at radius 1 is 1.46 bits per heavy atom. The van der Waals surface area contributed by atoms with Crippen molar-refractivity contribution in [1.29, 1.82) is 5.26 Å². The molecule has 2 heterocycles. The van der Waals surface area contributed by atoms with Gasteiger partial charge in [-0.3, -0.25) is 9.69 Å². The Hall–Kier alpha value is -2.78. The maximum atomic E-state index is 12.6. The van der Waals surface area contributed by atoms with Crippen LogP contribution in [-0.2, 0) is 4.79 Å². The smallest absolute Gasteiger partial charge is 0.236 e. The number of methoxy groups -OCH3 is 1. The summed E-state index contributed by atoms with van der Waals surface area (Å²) in [5.41, 5.74) is 3.60. The Morgan fingerprint density at radius 3 is 2.93 bits per heavy atom. The summed E-state index contributed by atoms with van der Waals surface area (Å²) in [6.07, 6.45) is 5.17. The highest BCUT2D eigenvalue weighted by molar-refractivity contribution is 5.93. The van der Waals surface area contributed by atoms with Gasteiger partial charge in [0.1, 0.15) is 5.75 Å². The fourth-order valence-corrected chi connectivity index (χ4v) is 3.66. The van der Waals surface area contributed by atoms with Crippen LogP contribution < -0.4 is 4.74 Å². The predicted octanol–water partition coefficient (Wildman–Crippen LogP) is 3.27. The number of aromatic nitrogens is 1. The number of aromatic amines is 1. The van der Waals surface area contributed by atoms with Crippen LogP contribution in [0.3, 0.4) is 0 Å². The number of carbonyl (C=O) groups is 1. The van der Waals surface area contributed by atoms with E-state index in [-0.39, 0.29) is 11.8 Å². The van der Waals surface area contributed by atoms with Crippen molar-refractivity contribution >= 4 is 22.4 Å². The Kier molecular flexibility index (Phi) is 6.37. The number of nitrogens with one attached hydrogen (secondary N) is 1. The van der Waals surface area contributed by atoms with Crippen LogP contribution in [0.5, 0.6) is 5.75 Å². The molecule has 0 fully saturated rings. The molecular weight excluding hydrogens is 352 g/mol. The number of rotatable bonds is 7. The number of hydrogen-bond donors (Lipinski definition) is 1. The van der Waals surface area contributed by atoms with E-state index in [0.29, 0.717) is 19.6 Å². The third-order valence-electron chi connectivity index (χ3n) is 5.34. The average Bonchev–Trinajstić information content (AvgIpc) is 3.15. The second kappa shape index (κ2) is 8.94. The fourth-order valence-electron chi connectivity index (χ4n) is 3.66. The van der Waals surface area contributed by atoms with Gasteiger partial charge in [-0.1, -0.05) is 6.08 Å². The van der Waals surface area contributed by atoms with E-state index in [9.17, 15) is 4.79 Å². The van der Waals surface area contributed by atoms with Gasteiger partial charge in [0.05, 0.1) is 25.6 Å². The van der Waals surface area contributed by atoms with Crippen LogP contribution in [0.2, 0.25) is 0 Å². The van der Waals surface area contributed by atoms with Crippen LogP contribution in [0.25, 0.3) is 16.5 Å². The molecule has 28 heavy (non-hydrogen) atoms. The first kappa shape index (κ1) is 20.0. The van der Waals surface area contributed by atoms with Crippen molar-refractivity contribution in [3.63, 3.8) is 0 Å². The highest BCUT2D eigenvalue weighted by atomic mass is 16.5. The van der Waals surface area contributed by atoms with Gasteiger partial charge in [-0.05, 0) is 44.0 Å². The Bertz CT molecular complexity index is 909. The summed E-state index contributed by atoms with van der Waals surface area (Å²) in [6.45, 7) is 6.94. The molecule has 0 spiro atoms. The molecule has 1 aliphatic rings. The lowest BCUT2D eigenvalue weighted by Gasteiger charge is -2.29. The quantitative estimate of drug-likeness (QED) is 0.800. The number of ether oxygens (including phenoxy) is 1. The zero-order chi connectivity index (χ0) is 20.1. The van der Waals surface area contributed by atoms with Gasteiger partial charge in [-0.2, -0.15) is 5.26 Å². The third-order valence-corrected chi connectivity index (χ3v) is 5.34. The van der Waals surface area contributed by atoms with Crippen molar-refractivity contribution in [1.82, 2.24) is 14.8 Å². The number of hydrogen-bond acceptors (Lipinski definition) is 4. The minimum Gasteiger partial charge on any atom is -0.497 e. The summed E-state index contributed by atoms with van der Waals surface area (Å²) in [5, 5.41) is 10.2. The SMILES string of the molecule is CCN(C[C@H](C)C#N)C(=O)CN1CC=C(c2c[nH]c3ccc(OC)cc23)CC1. The topological polar surface area (TPSA) is 72.4 Å². The molecule has 2 aromatic rings. The lowest BCUT2D eigenvalue weighted by molar-refractivity contribution is -0.132. The Labute approximate surface area is 166 Å². The molecule has 6 nitrogen and oxygen atoms in total. The average molecular weight is 380 g/mol. The van der Waals surface area contributed by atoms with E-state index in [4.69, 9.17) is 10.00 Å². The van der Waals surface area contributed by atoms with E-state index in [1.54, 1.807) is 12.0 Å². The first-order chi connectivity index (χ1) is 13.5. The lowest BCUT2D eigenvalue weighted by atomic mass is 9.99. The molecule has 3 rings (SSSR count).